The number of rotatable bonds is 6. The molecule has 1 aliphatic rings. The van der Waals surface area contributed by atoms with E-state index in [1.165, 1.54) is 0 Å². The van der Waals surface area contributed by atoms with Crippen molar-refractivity contribution >= 4 is 33.2 Å². The molecule has 5 heteroatoms. The molecule has 1 aromatic rings. The Balaban J connectivity index is 2.40. The second kappa shape index (κ2) is 6.41. The smallest absolute Gasteiger partial charge is 0.246 e. The molecule has 1 heterocycles. The van der Waals surface area contributed by atoms with Crippen molar-refractivity contribution < 1.29 is 4.79 Å². The summed E-state index contributed by atoms with van der Waals surface area (Å²) in [6.07, 6.45) is 2.95. The van der Waals surface area contributed by atoms with Crippen LogP contribution in [-0.2, 0) is 4.79 Å². The van der Waals surface area contributed by atoms with E-state index in [0.717, 1.165) is 40.9 Å². The average molecular weight is 338 g/mol. The third kappa shape index (κ3) is 2.74. The number of benzene rings is 1. The van der Waals surface area contributed by atoms with E-state index in [9.17, 15) is 4.79 Å². The zero-order chi connectivity index (χ0) is 14.7. The van der Waals surface area contributed by atoms with E-state index in [0.29, 0.717) is 0 Å². The molecule has 2 rings (SSSR count). The van der Waals surface area contributed by atoms with Gasteiger partial charge in [0.1, 0.15) is 6.04 Å². The highest BCUT2D eigenvalue weighted by molar-refractivity contribution is 9.10. The van der Waals surface area contributed by atoms with Gasteiger partial charge in [0.2, 0.25) is 5.91 Å². The SMILES string of the molecule is C=CCN(CCC)c1cc2c(cc1Br)C(NC)C(=O)N2. The molecule has 108 valence electrons. The van der Waals surface area contributed by atoms with Crippen LogP contribution in [0, 0.1) is 0 Å². The number of carbonyl (C=O) groups excluding carboxylic acids is 1. The van der Waals surface area contributed by atoms with Gasteiger partial charge in [-0.25, -0.2) is 0 Å². The Kier molecular flexibility index (Phi) is 4.83. The summed E-state index contributed by atoms with van der Waals surface area (Å²) in [6, 6.07) is 3.79. The van der Waals surface area contributed by atoms with E-state index < -0.39 is 0 Å². The van der Waals surface area contributed by atoms with Gasteiger partial charge in [-0.1, -0.05) is 13.0 Å². The molecular weight excluding hydrogens is 318 g/mol. The summed E-state index contributed by atoms with van der Waals surface area (Å²) in [7, 11) is 1.79. The monoisotopic (exact) mass is 337 g/mol. The summed E-state index contributed by atoms with van der Waals surface area (Å²) >= 11 is 3.62. The summed E-state index contributed by atoms with van der Waals surface area (Å²) in [4.78, 5) is 14.1. The van der Waals surface area contributed by atoms with E-state index in [-0.39, 0.29) is 11.9 Å². The zero-order valence-corrected chi connectivity index (χ0v) is 13.5. The van der Waals surface area contributed by atoms with Crippen LogP contribution in [0.1, 0.15) is 24.9 Å². The molecule has 0 aliphatic carbocycles. The molecular formula is C15H20BrN3O. The highest BCUT2D eigenvalue weighted by atomic mass is 79.9. The van der Waals surface area contributed by atoms with Crippen LogP contribution in [0.5, 0.6) is 0 Å². The van der Waals surface area contributed by atoms with Crippen molar-refractivity contribution in [2.75, 3.05) is 30.4 Å². The number of fused-ring (bicyclic) bond motifs is 1. The summed E-state index contributed by atoms with van der Waals surface area (Å²) in [5.41, 5.74) is 2.96. The number of nitrogens with one attached hydrogen (secondary N) is 2. The van der Waals surface area contributed by atoms with Crippen molar-refractivity contribution in [3.05, 3.63) is 34.8 Å². The number of hydrogen-bond donors (Lipinski definition) is 2. The van der Waals surface area contributed by atoms with E-state index in [1.807, 2.05) is 18.2 Å². The first kappa shape index (κ1) is 15.1. The maximum absolute atomic E-state index is 11.9. The van der Waals surface area contributed by atoms with Gasteiger partial charge >= 0.3 is 0 Å². The van der Waals surface area contributed by atoms with Crippen LogP contribution in [0.15, 0.2) is 29.3 Å². The molecule has 1 atom stereocenters. The number of likely N-dealkylation sites (N-methyl/N-ethyl adjacent to an activating group) is 1. The van der Waals surface area contributed by atoms with Crippen LogP contribution in [0.2, 0.25) is 0 Å². The second-order valence-corrected chi connectivity index (χ2v) is 5.69. The number of anilines is 2. The molecule has 0 spiro atoms. The zero-order valence-electron chi connectivity index (χ0n) is 11.9. The van der Waals surface area contributed by atoms with E-state index in [2.05, 4.69) is 45.0 Å². The van der Waals surface area contributed by atoms with Gasteiger partial charge in [0.05, 0.1) is 5.69 Å². The van der Waals surface area contributed by atoms with Crippen LogP contribution in [0.4, 0.5) is 11.4 Å². The molecule has 0 fully saturated rings. The number of nitrogens with zero attached hydrogens (tertiary/aromatic N) is 1. The molecule has 0 saturated heterocycles. The molecule has 0 aromatic heterocycles. The molecule has 1 amide bonds. The van der Waals surface area contributed by atoms with Crippen molar-refractivity contribution in [2.24, 2.45) is 0 Å². The first-order valence-corrected chi connectivity index (χ1v) is 7.59. The fourth-order valence-electron chi connectivity index (χ4n) is 2.54. The number of amides is 1. The Hall–Kier alpha value is -1.33. The maximum atomic E-state index is 11.9. The predicted molar refractivity (Wildman–Crippen MR) is 87.3 cm³/mol. The molecule has 1 aromatic carbocycles. The Morgan fingerprint density at radius 2 is 2.30 bits per heavy atom. The average Bonchev–Trinajstić information content (AvgIpc) is 2.72. The lowest BCUT2D eigenvalue weighted by Crippen LogP contribution is -2.24. The standard InChI is InChI=1S/C15H20BrN3O/c1-4-6-19(7-5-2)13-9-12-10(8-11(13)16)14(17-3)15(20)18-12/h4,8-9,14,17H,1,5-7H2,2-3H3,(H,18,20). The minimum Gasteiger partial charge on any atom is -0.367 e. The highest BCUT2D eigenvalue weighted by Gasteiger charge is 2.30. The highest BCUT2D eigenvalue weighted by Crippen LogP contribution is 2.39. The van der Waals surface area contributed by atoms with Crippen LogP contribution < -0.4 is 15.5 Å². The topological polar surface area (TPSA) is 44.4 Å². The Bertz CT molecular complexity index is 530. The number of carbonyl (C=O) groups is 1. The van der Waals surface area contributed by atoms with Gasteiger partial charge in [0.25, 0.3) is 0 Å². The molecule has 2 N–H and O–H groups in total. The predicted octanol–water partition coefficient (Wildman–Crippen LogP) is 3.06. The Morgan fingerprint density at radius 3 is 2.90 bits per heavy atom. The molecule has 4 nitrogen and oxygen atoms in total. The van der Waals surface area contributed by atoms with Gasteiger partial charge in [0.15, 0.2) is 0 Å². The number of halogens is 1. The third-order valence-corrected chi connectivity index (χ3v) is 4.06. The fourth-order valence-corrected chi connectivity index (χ4v) is 3.15. The summed E-state index contributed by atoms with van der Waals surface area (Å²) < 4.78 is 1.00. The van der Waals surface area contributed by atoms with Gasteiger partial charge in [0, 0.05) is 28.8 Å². The van der Waals surface area contributed by atoms with Crippen molar-refractivity contribution in [2.45, 2.75) is 19.4 Å². The lowest BCUT2D eigenvalue weighted by atomic mass is 10.1. The second-order valence-electron chi connectivity index (χ2n) is 4.84. The first-order chi connectivity index (χ1) is 9.62. The molecule has 0 bridgehead atoms. The first-order valence-electron chi connectivity index (χ1n) is 6.79. The summed E-state index contributed by atoms with van der Waals surface area (Å²) in [5, 5.41) is 5.96. The van der Waals surface area contributed by atoms with Gasteiger partial charge in [-0.2, -0.15) is 0 Å². The Morgan fingerprint density at radius 1 is 1.55 bits per heavy atom. The largest absolute Gasteiger partial charge is 0.367 e. The van der Waals surface area contributed by atoms with E-state index >= 15 is 0 Å². The van der Waals surface area contributed by atoms with Crippen molar-refractivity contribution in [1.82, 2.24) is 5.32 Å². The summed E-state index contributed by atoms with van der Waals surface area (Å²) in [5.74, 6) is -0.00249. The van der Waals surface area contributed by atoms with Crippen molar-refractivity contribution in [1.29, 1.82) is 0 Å². The molecule has 20 heavy (non-hydrogen) atoms. The minimum absolute atomic E-state index is 0.00249. The quantitative estimate of drug-likeness (QED) is 0.784. The van der Waals surface area contributed by atoms with Crippen molar-refractivity contribution in [3.8, 4) is 0 Å². The summed E-state index contributed by atoms with van der Waals surface area (Å²) in [6.45, 7) is 7.70. The molecule has 0 radical (unpaired) electrons. The molecule has 1 aliphatic heterocycles. The van der Waals surface area contributed by atoms with Crippen molar-refractivity contribution in [3.63, 3.8) is 0 Å². The fraction of sp³-hybridized carbons (Fsp3) is 0.400. The minimum atomic E-state index is -0.269. The van der Waals surface area contributed by atoms with Gasteiger partial charge in [-0.15, -0.1) is 6.58 Å². The van der Waals surface area contributed by atoms with Crippen LogP contribution in [-0.4, -0.2) is 26.0 Å². The lowest BCUT2D eigenvalue weighted by Gasteiger charge is -2.25. The normalized spacial score (nSPS) is 16.8. The third-order valence-electron chi connectivity index (χ3n) is 3.42. The lowest BCUT2D eigenvalue weighted by molar-refractivity contribution is -0.117. The number of hydrogen-bond acceptors (Lipinski definition) is 3. The van der Waals surface area contributed by atoms with E-state index in [4.69, 9.17) is 0 Å². The van der Waals surface area contributed by atoms with Crippen LogP contribution in [0.25, 0.3) is 0 Å². The van der Waals surface area contributed by atoms with Gasteiger partial charge in [-0.3, -0.25) is 4.79 Å². The molecule has 0 saturated carbocycles. The van der Waals surface area contributed by atoms with Crippen LogP contribution in [0.3, 0.4) is 0 Å². The van der Waals surface area contributed by atoms with E-state index in [1.54, 1.807) is 7.05 Å². The van der Waals surface area contributed by atoms with Crippen LogP contribution >= 0.6 is 15.9 Å². The maximum Gasteiger partial charge on any atom is 0.246 e. The van der Waals surface area contributed by atoms with Gasteiger partial charge < -0.3 is 15.5 Å². The van der Waals surface area contributed by atoms with Gasteiger partial charge in [-0.05, 0) is 41.5 Å². The Labute approximate surface area is 128 Å². The molecule has 1 unspecified atom stereocenters.